The van der Waals surface area contributed by atoms with E-state index in [2.05, 4.69) is 27.3 Å². The molecule has 1 fully saturated rings. The minimum atomic E-state index is -0.169. The number of nitrogens with zero attached hydrogens (tertiary/aromatic N) is 3. The average Bonchev–Trinajstić information content (AvgIpc) is 2.93. The third-order valence-corrected chi connectivity index (χ3v) is 6.47. The average molecular weight is 465 g/mol. The standard InChI is InChI=1S/C29H28N4O2/c34-28(30-16-15-22-7-2-1-3-8-22)27-14-13-24(21-31-27)32-17-19-33(20-18-32)29(35)26-12-6-10-23-9-4-5-11-25(23)26/h1-14,21H,15-20H2,(H,30,34). The summed E-state index contributed by atoms with van der Waals surface area (Å²) in [4.78, 5) is 34.1. The molecule has 0 spiro atoms. The number of anilines is 1. The molecular formula is C29H28N4O2. The highest BCUT2D eigenvalue weighted by molar-refractivity contribution is 6.07. The topological polar surface area (TPSA) is 65.5 Å². The quantitative estimate of drug-likeness (QED) is 0.465. The summed E-state index contributed by atoms with van der Waals surface area (Å²) < 4.78 is 0. The number of nitrogens with one attached hydrogen (secondary N) is 1. The molecule has 0 unspecified atom stereocenters. The second-order valence-corrected chi connectivity index (χ2v) is 8.70. The summed E-state index contributed by atoms with van der Waals surface area (Å²) >= 11 is 0. The predicted octanol–water partition coefficient (Wildman–Crippen LogP) is 4.17. The van der Waals surface area contributed by atoms with Crippen LogP contribution in [0.2, 0.25) is 0 Å². The number of hydrogen-bond acceptors (Lipinski definition) is 4. The van der Waals surface area contributed by atoms with Crippen LogP contribution in [-0.2, 0) is 6.42 Å². The largest absolute Gasteiger partial charge is 0.367 e. The third-order valence-electron chi connectivity index (χ3n) is 6.47. The molecule has 0 bridgehead atoms. The zero-order valence-electron chi connectivity index (χ0n) is 19.6. The molecule has 5 rings (SSSR count). The van der Waals surface area contributed by atoms with Gasteiger partial charge >= 0.3 is 0 Å². The Morgan fingerprint density at radius 1 is 0.800 bits per heavy atom. The maximum atomic E-state index is 13.2. The van der Waals surface area contributed by atoms with Gasteiger partial charge in [-0.15, -0.1) is 0 Å². The fourth-order valence-electron chi connectivity index (χ4n) is 4.51. The molecule has 1 aromatic heterocycles. The summed E-state index contributed by atoms with van der Waals surface area (Å²) in [5, 5.41) is 5.00. The van der Waals surface area contributed by atoms with Gasteiger partial charge in [0.15, 0.2) is 0 Å². The Morgan fingerprint density at radius 3 is 2.31 bits per heavy atom. The zero-order valence-corrected chi connectivity index (χ0v) is 19.6. The molecule has 4 aromatic rings. The molecule has 1 N–H and O–H groups in total. The molecular weight excluding hydrogens is 436 g/mol. The summed E-state index contributed by atoms with van der Waals surface area (Å²) in [6.45, 7) is 3.30. The number of hydrogen-bond donors (Lipinski definition) is 1. The summed E-state index contributed by atoms with van der Waals surface area (Å²) in [7, 11) is 0. The van der Waals surface area contributed by atoms with Gasteiger partial charge in [-0.3, -0.25) is 9.59 Å². The van der Waals surface area contributed by atoms with E-state index in [-0.39, 0.29) is 11.8 Å². The number of pyridine rings is 1. The molecule has 176 valence electrons. The smallest absolute Gasteiger partial charge is 0.269 e. The first-order valence-corrected chi connectivity index (χ1v) is 12.0. The van der Waals surface area contributed by atoms with E-state index >= 15 is 0 Å². The number of amides is 2. The summed E-state index contributed by atoms with van der Waals surface area (Å²) in [6.07, 6.45) is 2.53. The first-order chi connectivity index (χ1) is 17.2. The van der Waals surface area contributed by atoms with E-state index in [0.29, 0.717) is 25.3 Å². The molecule has 6 nitrogen and oxygen atoms in total. The van der Waals surface area contributed by atoms with Gasteiger partial charge in [-0.1, -0.05) is 66.7 Å². The van der Waals surface area contributed by atoms with Crippen LogP contribution in [0, 0.1) is 0 Å². The molecule has 35 heavy (non-hydrogen) atoms. The Kier molecular flexibility index (Phi) is 6.70. The Bertz CT molecular complexity index is 1310. The van der Waals surface area contributed by atoms with Crippen molar-refractivity contribution in [2.24, 2.45) is 0 Å². The van der Waals surface area contributed by atoms with Crippen molar-refractivity contribution in [1.82, 2.24) is 15.2 Å². The van der Waals surface area contributed by atoms with Gasteiger partial charge in [0.05, 0.1) is 11.9 Å². The number of piperazine rings is 1. The molecule has 1 aliphatic heterocycles. The van der Waals surface area contributed by atoms with E-state index in [1.165, 1.54) is 5.56 Å². The normalized spacial score (nSPS) is 13.6. The van der Waals surface area contributed by atoms with E-state index in [1.54, 1.807) is 12.3 Å². The zero-order chi connectivity index (χ0) is 24.0. The number of benzene rings is 3. The monoisotopic (exact) mass is 464 g/mol. The lowest BCUT2D eigenvalue weighted by molar-refractivity contribution is 0.0748. The van der Waals surface area contributed by atoms with Gasteiger partial charge in [-0.25, -0.2) is 4.98 Å². The van der Waals surface area contributed by atoms with Crippen molar-refractivity contribution in [3.63, 3.8) is 0 Å². The lowest BCUT2D eigenvalue weighted by Crippen LogP contribution is -2.48. The van der Waals surface area contributed by atoms with Crippen LogP contribution < -0.4 is 10.2 Å². The van der Waals surface area contributed by atoms with Gasteiger partial charge < -0.3 is 15.1 Å². The molecule has 0 saturated carbocycles. The molecule has 2 amide bonds. The van der Waals surface area contributed by atoms with E-state index < -0.39 is 0 Å². The molecule has 2 heterocycles. The summed E-state index contributed by atoms with van der Waals surface area (Å²) in [6, 6.07) is 27.6. The Balaban J connectivity index is 1.15. The Hall–Kier alpha value is -4.19. The molecule has 1 aliphatic rings. The Morgan fingerprint density at radius 2 is 1.54 bits per heavy atom. The van der Waals surface area contributed by atoms with Gasteiger partial charge in [-0.2, -0.15) is 0 Å². The molecule has 1 saturated heterocycles. The van der Waals surface area contributed by atoms with E-state index in [4.69, 9.17) is 0 Å². The van der Waals surface area contributed by atoms with E-state index in [1.807, 2.05) is 71.6 Å². The number of carbonyl (C=O) groups is 2. The number of rotatable bonds is 6. The second kappa shape index (κ2) is 10.4. The van der Waals surface area contributed by atoms with E-state index in [0.717, 1.165) is 41.5 Å². The highest BCUT2D eigenvalue weighted by Gasteiger charge is 2.23. The van der Waals surface area contributed by atoms with Gasteiger partial charge in [0.25, 0.3) is 11.8 Å². The van der Waals surface area contributed by atoms with Crippen LogP contribution in [0.25, 0.3) is 10.8 Å². The molecule has 3 aromatic carbocycles. The highest BCUT2D eigenvalue weighted by Crippen LogP contribution is 2.22. The Labute approximate surface area is 205 Å². The third kappa shape index (κ3) is 5.17. The minimum absolute atomic E-state index is 0.0714. The predicted molar refractivity (Wildman–Crippen MR) is 139 cm³/mol. The van der Waals surface area contributed by atoms with Crippen LogP contribution in [0.5, 0.6) is 0 Å². The van der Waals surface area contributed by atoms with Crippen molar-refractivity contribution >= 4 is 28.3 Å². The molecule has 6 heteroatoms. The molecule has 0 aliphatic carbocycles. The first-order valence-electron chi connectivity index (χ1n) is 12.0. The number of fused-ring (bicyclic) bond motifs is 1. The molecule has 0 atom stereocenters. The van der Waals surface area contributed by atoms with Crippen molar-refractivity contribution in [3.05, 3.63) is 108 Å². The first kappa shape index (κ1) is 22.6. The lowest BCUT2D eigenvalue weighted by atomic mass is 10.0. The van der Waals surface area contributed by atoms with Gasteiger partial charge in [-0.05, 0) is 41.0 Å². The maximum absolute atomic E-state index is 13.2. The summed E-state index contributed by atoms with van der Waals surface area (Å²) in [5.74, 6) is -0.0971. The second-order valence-electron chi connectivity index (χ2n) is 8.70. The van der Waals surface area contributed by atoms with Crippen molar-refractivity contribution in [2.75, 3.05) is 37.6 Å². The van der Waals surface area contributed by atoms with Gasteiger partial charge in [0.1, 0.15) is 5.69 Å². The summed E-state index contributed by atoms with van der Waals surface area (Å²) in [5.41, 5.74) is 3.31. The number of aromatic nitrogens is 1. The van der Waals surface area contributed by atoms with Crippen LogP contribution in [0.15, 0.2) is 91.1 Å². The lowest BCUT2D eigenvalue weighted by Gasteiger charge is -2.36. The SMILES string of the molecule is O=C(NCCc1ccccc1)c1ccc(N2CCN(C(=O)c3cccc4ccccc34)CC2)cn1. The minimum Gasteiger partial charge on any atom is -0.367 e. The maximum Gasteiger partial charge on any atom is 0.269 e. The molecule has 0 radical (unpaired) electrons. The highest BCUT2D eigenvalue weighted by atomic mass is 16.2. The van der Waals surface area contributed by atoms with Crippen molar-refractivity contribution in [3.8, 4) is 0 Å². The van der Waals surface area contributed by atoms with Crippen LogP contribution in [-0.4, -0.2) is 54.4 Å². The van der Waals surface area contributed by atoms with Crippen LogP contribution in [0.3, 0.4) is 0 Å². The van der Waals surface area contributed by atoms with Crippen molar-refractivity contribution in [2.45, 2.75) is 6.42 Å². The van der Waals surface area contributed by atoms with Crippen LogP contribution in [0.4, 0.5) is 5.69 Å². The fraction of sp³-hybridized carbons (Fsp3) is 0.207. The van der Waals surface area contributed by atoms with Crippen molar-refractivity contribution < 1.29 is 9.59 Å². The van der Waals surface area contributed by atoms with Gasteiger partial charge in [0.2, 0.25) is 0 Å². The number of carbonyl (C=O) groups excluding carboxylic acids is 2. The van der Waals surface area contributed by atoms with Crippen LogP contribution in [0.1, 0.15) is 26.4 Å². The van der Waals surface area contributed by atoms with Crippen LogP contribution >= 0.6 is 0 Å². The van der Waals surface area contributed by atoms with Gasteiger partial charge in [0, 0.05) is 38.3 Å². The van der Waals surface area contributed by atoms with E-state index in [9.17, 15) is 9.59 Å². The fourth-order valence-corrected chi connectivity index (χ4v) is 4.51. The van der Waals surface area contributed by atoms with Crippen molar-refractivity contribution in [1.29, 1.82) is 0 Å².